The van der Waals surface area contributed by atoms with Crippen molar-refractivity contribution < 1.29 is 5.11 Å². The summed E-state index contributed by atoms with van der Waals surface area (Å²) in [5, 5.41) is 9.22. The smallest absolute Gasteiger partial charge is 0.0587 e. The van der Waals surface area contributed by atoms with Crippen LogP contribution in [0.4, 0.5) is 0 Å². The molecule has 1 heterocycles. The molecule has 0 aliphatic carbocycles. The van der Waals surface area contributed by atoms with Gasteiger partial charge in [-0.05, 0) is 31.9 Å². The first-order chi connectivity index (χ1) is 7.29. The van der Waals surface area contributed by atoms with Crippen LogP contribution in [0.1, 0.15) is 24.0 Å². The molecule has 0 spiro atoms. The molecule has 82 valence electrons. The van der Waals surface area contributed by atoms with Gasteiger partial charge in [0.15, 0.2) is 0 Å². The van der Waals surface area contributed by atoms with Crippen molar-refractivity contribution in [3.63, 3.8) is 0 Å². The van der Waals surface area contributed by atoms with Crippen LogP contribution >= 0.6 is 0 Å². The monoisotopic (exact) mass is 205 g/mol. The molecule has 15 heavy (non-hydrogen) atoms. The number of aryl methyl sites for hydroxylation is 1. The Balaban J connectivity index is 1.99. The molecule has 1 saturated heterocycles. The molecule has 0 unspecified atom stereocenters. The highest BCUT2D eigenvalue weighted by molar-refractivity contribution is 5.21. The molecule has 1 aliphatic rings. The highest BCUT2D eigenvalue weighted by Crippen LogP contribution is 2.19. The predicted octanol–water partition coefficient (Wildman–Crippen LogP) is 1.95. The number of likely N-dealkylation sites (tertiary alicyclic amines) is 1. The van der Waals surface area contributed by atoms with Gasteiger partial charge >= 0.3 is 0 Å². The minimum absolute atomic E-state index is 0.297. The van der Waals surface area contributed by atoms with E-state index in [9.17, 15) is 5.11 Å². The summed E-state index contributed by atoms with van der Waals surface area (Å²) in [6.45, 7) is 4.51. The Morgan fingerprint density at radius 3 is 2.73 bits per heavy atom. The summed E-state index contributed by atoms with van der Waals surface area (Å²) in [6.07, 6.45) is 2.36. The van der Waals surface area contributed by atoms with Crippen molar-refractivity contribution in [1.82, 2.24) is 4.90 Å². The maximum Gasteiger partial charge on any atom is 0.0587 e. The molecule has 1 aliphatic heterocycles. The van der Waals surface area contributed by atoms with Crippen LogP contribution in [0.2, 0.25) is 0 Å². The molecule has 1 atom stereocenters. The van der Waals surface area contributed by atoms with E-state index in [0.29, 0.717) is 12.6 Å². The molecule has 1 fully saturated rings. The second-order valence-electron chi connectivity index (χ2n) is 4.43. The van der Waals surface area contributed by atoms with E-state index in [1.165, 1.54) is 17.5 Å². The van der Waals surface area contributed by atoms with Gasteiger partial charge in [-0.15, -0.1) is 0 Å². The van der Waals surface area contributed by atoms with Gasteiger partial charge in [0.1, 0.15) is 0 Å². The largest absolute Gasteiger partial charge is 0.395 e. The van der Waals surface area contributed by atoms with E-state index in [1.54, 1.807) is 0 Å². The molecular weight excluding hydrogens is 186 g/mol. The predicted molar refractivity (Wildman–Crippen MR) is 61.7 cm³/mol. The van der Waals surface area contributed by atoms with Crippen LogP contribution in [0, 0.1) is 6.92 Å². The number of aliphatic hydroxyl groups is 1. The summed E-state index contributed by atoms with van der Waals surface area (Å²) in [5.41, 5.74) is 2.65. The van der Waals surface area contributed by atoms with Gasteiger partial charge in [-0.3, -0.25) is 4.90 Å². The summed E-state index contributed by atoms with van der Waals surface area (Å²) in [4.78, 5) is 2.38. The minimum Gasteiger partial charge on any atom is -0.395 e. The third-order valence-electron chi connectivity index (χ3n) is 3.22. The summed E-state index contributed by atoms with van der Waals surface area (Å²) in [6, 6.07) is 9.05. The summed E-state index contributed by atoms with van der Waals surface area (Å²) in [5.74, 6) is 0. The summed E-state index contributed by atoms with van der Waals surface area (Å²) >= 11 is 0. The van der Waals surface area contributed by atoms with Gasteiger partial charge < -0.3 is 5.11 Å². The number of rotatable bonds is 3. The highest BCUT2D eigenvalue weighted by atomic mass is 16.3. The van der Waals surface area contributed by atoms with Crippen LogP contribution in [-0.4, -0.2) is 29.2 Å². The van der Waals surface area contributed by atoms with Crippen molar-refractivity contribution in [2.75, 3.05) is 13.2 Å². The van der Waals surface area contributed by atoms with Crippen molar-refractivity contribution >= 4 is 0 Å². The standard InChI is InChI=1S/C13H19NO/c1-11-4-6-12(7-5-11)9-14-8-2-3-13(14)10-15/h4-7,13,15H,2-3,8-10H2,1H3/t13-/m0/s1. The quantitative estimate of drug-likeness (QED) is 0.815. The van der Waals surface area contributed by atoms with Crippen LogP contribution in [0.25, 0.3) is 0 Å². The zero-order valence-electron chi connectivity index (χ0n) is 9.32. The number of nitrogens with zero attached hydrogens (tertiary/aromatic N) is 1. The first-order valence-corrected chi connectivity index (χ1v) is 5.70. The molecule has 0 bridgehead atoms. The van der Waals surface area contributed by atoms with Gasteiger partial charge in [0.2, 0.25) is 0 Å². The van der Waals surface area contributed by atoms with E-state index in [1.807, 2.05) is 0 Å². The van der Waals surface area contributed by atoms with Gasteiger partial charge in [0.05, 0.1) is 6.61 Å². The maximum atomic E-state index is 9.22. The van der Waals surface area contributed by atoms with Crippen molar-refractivity contribution in [3.05, 3.63) is 35.4 Å². The van der Waals surface area contributed by atoms with Crippen LogP contribution < -0.4 is 0 Å². The lowest BCUT2D eigenvalue weighted by molar-refractivity contribution is 0.153. The summed E-state index contributed by atoms with van der Waals surface area (Å²) in [7, 11) is 0. The first kappa shape index (κ1) is 10.7. The minimum atomic E-state index is 0.297. The van der Waals surface area contributed by atoms with Crippen LogP contribution in [0.15, 0.2) is 24.3 Å². The lowest BCUT2D eigenvalue weighted by Crippen LogP contribution is -2.31. The third-order valence-corrected chi connectivity index (χ3v) is 3.22. The highest BCUT2D eigenvalue weighted by Gasteiger charge is 2.23. The van der Waals surface area contributed by atoms with Crippen LogP contribution in [0.3, 0.4) is 0 Å². The van der Waals surface area contributed by atoms with Crippen LogP contribution in [0.5, 0.6) is 0 Å². The zero-order chi connectivity index (χ0) is 10.7. The maximum absolute atomic E-state index is 9.22. The molecule has 0 amide bonds. The molecule has 2 heteroatoms. The fourth-order valence-electron chi connectivity index (χ4n) is 2.24. The Hall–Kier alpha value is -0.860. The molecule has 2 rings (SSSR count). The molecule has 1 aromatic carbocycles. The lowest BCUT2D eigenvalue weighted by Gasteiger charge is -2.22. The molecule has 0 aromatic heterocycles. The van der Waals surface area contributed by atoms with Gasteiger partial charge in [0.25, 0.3) is 0 Å². The molecule has 2 nitrogen and oxygen atoms in total. The molecule has 0 saturated carbocycles. The van der Waals surface area contributed by atoms with E-state index in [0.717, 1.165) is 19.5 Å². The molecule has 1 aromatic rings. The number of benzene rings is 1. The Labute approximate surface area is 91.5 Å². The normalized spacial score (nSPS) is 22.1. The summed E-state index contributed by atoms with van der Waals surface area (Å²) < 4.78 is 0. The van der Waals surface area contributed by atoms with Crippen molar-refractivity contribution in [2.24, 2.45) is 0 Å². The Kier molecular flexibility index (Phi) is 3.39. The average Bonchev–Trinajstić information content (AvgIpc) is 2.69. The fraction of sp³-hybridized carbons (Fsp3) is 0.538. The number of hydrogen-bond acceptors (Lipinski definition) is 2. The number of aliphatic hydroxyl groups excluding tert-OH is 1. The lowest BCUT2D eigenvalue weighted by atomic mass is 10.1. The van der Waals surface area contributed by atoms with E-state index >= 15 is 0 Å². The second-order valence-corrected chi connectivity index (χ2v) is 4.43. The van der Waals surface area contributed by atoms with Gasteiger partial charge in [-0.2, -0.15) is 0 Å². The average molecular weight is 205 g/mol. The van der Waals surface area contributed by atoms with E-state index in [2.05, 4.69) is 36.1 Å². The van der Waals surface area contributed by atoms with Crippen LogP contribution in [-0.2, 0) is 6.54 Å². The van der Waals surface area contributed by atoms with Gasteiger partial charge in [-0.25, -0.2) is 0 Å². The van der Waals surface area contributed by atoms with E-state index in [-0.39, 0.29) is 0 Å². The first-order valence-electron chi connectivity index (χ1n) is 5.70. The van der Waals surface area contributed by atoms with Gasteiger partial charge in [-0.1, -0.05) is 29.8 Å². The molecule has 1 N–H and O–H groups in total. The zero-order valence-corrected chi connectivity index (χ0v) is 9.32. The molecule has 0 radical (unpaired) electrons. The molecular formula is C13H19NO. The SMILES string of the molecule is Cc1ccc(CN2CCC[C@H]2CO)cc1. The van der Waals surface area contributed by atoms with E-state index < -0.39 is 0 Å². The van der Waals surface area contributed by atoms with E-state index in [4.69, 9.17) is 0 Å². The van der Waals surface area contributed by atoms with Gasteiger partial charge in [0, 0.05) is 12.6 Å². The second kappa shape index (κ2) is 4.77. The topological polar surface area (TPSA) is 23.5 Å². The van der Waals surface area contributed by atoms with Crippen molar-refractivity contribution in [3.8, 4) is 0 Å². The Morgan fingerprint density at radius 1 is 1.33 bits per heavy atom. The third kappa shape index (κ3) is 2.58. The van der Waals surface area contributed by atoms with Crippen molar-refractivity contribution in [2.45, 2.75) is 32.4 Å². The Bertz CT molecular complexity index is 307. The Morgan fingerprint density at radius 2 is 2.07 bits per heavy atom. The number of hydrogen-bond donors (Lipinski definition) is 1. The van der Waals surface area contributed by atoms with Crippen molar-refractivity contribution in [1.29, 1.82) is 0 Å². The fourth-order valence-corrected chi connectivity index (χ4v) is 2.24.